The number of hydrogen-bond acceptors (Lipinski definition) is 3. The minimum atomic E-state index is -1.06. The third-order valence-electron chi connectivity index (χ3n) is 4.12. The topological polar surface area (TPSA) is 82.7 Å². The Morgan fingerprint density at radius 1 is 1.07 bits per heavy atom. The highest BCUT2D eigenvalue weighted by molar-refractivity contribution is 5.99. The Kier molecular flexibility index (Phi) is 5.33. The lowest BCUT2D eigenvalue weighted by Gasteiger charge is -2.14. The average molecular weight is 395 g/mol. The molecular weight excluding hydrogens is 376 g/mol. The van der Waals surface area contributed by atoms with Crippen molar-refractivity contribution in [2.24, 2.45) is 0 Å². The highest BCUT2D eigenvalue weighted by Gasteiger charge is 2.21. The minimum absolute atomic E-state index is 0.106. The van der Waals surface area contributed by atoms with Crippen molar-refractivity contribution in [3.8, 4) is 11.8 Å². The van der Waals surface area contributed by atoms with E-state index in [-0.39, 0.29) is 11.1 Å². The fourth-order valence-corrected chi connectivity index (χ4v) is 2.59. The van der Waals surface area contributed by atoms with Crippen LogP contribution in [0.5, 0.6) is 0 Å². The SMILES string of the molecule is CC(C)(C)c1cc(NC(=O)Nc2ccc(F)c(F)c2)n(-c2cccc(C#N)c2)n1. The number of urea groups is 1. The number of hydrogen-bond donors (Lipinski definition) is 2. The number of halogens is 2. The lowest BCUT2D eigenvalue weighted by Crippen LogP contribution is -2.21. The first kappa shape index (κ1) is 20.0. The molecule has 0 atom stereocenters. The van der Waals surface area contributed by atoms with Gasteiger partial charge in [-0.3, -0.25) is 5.32 Å². The third-order valence-corrected chi connectivity index (χ3v) is 4.12. The zero-order chi connectivity index (χ0) is 21.2. The van der Waals surface area contributed by atoms with Gasteiger partial charge in [0.2, 0.25) is 0 Å². The van der Waals surface area contributed by atoms with E-state index >= 15 is 0 Å². The fraction of sp³-hybridized carbons (Fsp3) is 0.190. The number of rotatable bonds is 3. The van der Waals surface area contributed by atoms with Crippen LogP contribution in [-0.2, 0) is 5.41 Å². The molecule has 0 radical (unpaired) electrons. The second kappa shape index (κ2) is 7.72. The predicted molar refractivity (Wildman–Crippen MR) is 106 cm³/mol. The fourth-order valence-electron chi connectivity index (χ4n) is 2.59. The van der Waals surface area contributed by atoms with E-state index in [1.807, 2.05) is 20.8 Å². The summed E-state index contributed by atoms with van der Waals surface area (Å²) in [5, 5.41) is 18.8. The highest BCUT2D eigenvalue weighted by Crippen LogP contribution is 2.27. The molecule has 3 rings (SSSR count). The van der Waals surface area contributed by atoms with Gasteiger partial charge < -0.3 is 5.32 Å². The van der Waals surface area contributed by atoms with Gasteiger partial charge in [0.05, 0.1) is 23.0 Å². The summed E-state index contributed by atoms with van der Waals surface area (Å²) in [6.07, 6.45) is 0. The van der Waals surface area contributed by atoms with Crippen LogP contribution < -0.4 is 10.6 Å². The van der Waals surface area contributed by atoms with Gasteiger partial charge in [0.1, 0.15) is 5.82 Å². The number of nitrogens with zero attached hydrogens (tertiary/aromatic N) is 3. The molecule has 1 aromatic heterocycles. The van der Waals surface area contributed by atoms with Crippen LogP contribution in [0.15, 0.2) is 48.5 Å². The van der Waals surface area contributed by atoms with Crippen LogP contribution >= 0.6 is 0 Å². The largest absolute Gasteiger partial charge is 0.324 e. The molecule has 2 amide bonds. The van der Waals surface area contributed by atoms with Crippen molar-refractivity contribution in [1.82, 2.24) is 9.78 Å². The summed E-state index contributed by atoms with van der Waals surface area (Å²) < 4.78 is 27.9. The summed E-state index contributed by atoms with van der Waals surface area (Å²) in [7, 11) is 0. The average Bonchev–Trinajstić information content (AvgIpc) is 3.09. The lowest BCUT2D eigenvalue weighted by molar-refractivity contribution is 0.262. The second-order valence-electron chi connectivity index (χ2n) is 7.45. The minimum Gasteiger partial charge on any atom is -0.308 e. The van der Waals surface area contributed by atoms with Gasteiger partial charge in [-0.05, 0) is 30.3 Å². The highest BCUT2D eigenvalue weighted by atomic mass is 19.2. The Bertz CT molecular complexity index is 1110. The molecule has 6 nitrogen and oxygen atoms in total. The molecule has 2 aromatic carbocycles. The van der Waals surface area contributed by atoms with Crippen LogP contribution in [0.4, 0.5) is 25.1 Å². The molecule has 148 valence electrons. The molecule has 29 heavy (non-hydrogen) atoms. The zero-order valence-corrected chi connectivity index (χ0v) is 16.1. The van der Waals surface area contributed by atoms with Crippen molar-refractivity contribution < 1.29 is 13.6 Å². The molecule has 8 heteroatoms. The number of carbonyl (C=O) groups is 1. The summed E-state index contributed by atoms with van der Waals surface area (Å²) in [6, 6.07) is 13.0. The van der Waals surface area contributed by atoms with Gasteiger partial charge in [0.15, 0.2) is 11.6 Å². The molecule has 0 spiro atoms. The lowest BCUT2D eigenvalue weighted by atomic mass is 9.92. The summed E-state index contributed by atoms with van der Waals surface area (Å²) >= 11 is 0. The second-order valence-corrected chi connectivity index (χ2v) is 7.45. The standard InChI is InChI=1S/C21H19F2N5O/c1-21(2,3)18-11-19(28(27-18)15-6-4-5-13(9-15)12-24)26-20(29)25-14-7-8-16(22)17(23)10-14/h4-11H,1-3H3,(H2,25,26,29). The van der Waals surface area contributed by atoms with Crippen LogP contribution in [0, 0.1) is 23.0 Å². The molecule has 0 aliphatic carbocycles. The number of carbonyl (C=O) groups excluding carboxylic acids is 1. The monoisotopic (exact) mass is 395 g/mol. The van der Waals surface area contributed by atoms with Crippen molar-refractivity contribution in [1.29, 1.82) is 5.26 Å². The summed E-state index contributed by atoms with van der Waals surface area (Å²) in [6.45, 7) is 5.95. The number of amides is 2. The van der Waals surface area contributed by atoms with Crippen molar-refractivity contribution in [2.45, 2.75) is 26.2 Å². The zero-order valence-electron chi connectivity index (χ0n) is 16.1. The van der Waals surface area contributed by atoms with E-state index in [4.69, 9.17) is 5.26 Å². The van der Waals surface area contributed by atoms with Gasteiger partial charge in [-0.15, -0.1) is 0 Å². The Labute approximate surface area is 166 Å². The van der Waals surface area contributed by atoms with E-state index in [2.05, 4.69) is 21.8 Å². The summed E-state index contributed by atoms with van der Waals surface area (Å²) in [5.74, 6) is -1.69. The van der Waals surface area contributed by atoms with Crippen LogP contribution in [0.3, 0.4) is 0 Å². The molecule has 3 aromatic rings. The van der Waals surface area contributed by atoms with Gasteiger partial charge >= 0.3 is 6.03 Å². The first-order valence-electron chi connectivity index (χ1n) is 8.81. The van der Waals surface area contributed by atoms with Crippen molar-refractivity contribution in [3.63, 3.8) is 0 Å². The first-order valence-corrected chi connectivity index (χ1v) is 8.81. The molecule has 2 N–H and O–H groups in total. The van der Waals surface area contributed by atoms with Crippen LogP contribution in [-0.4, -0.2) is 15.8 Å². The Hall–Kier alpha value is -3.73. The molecule has 1 heterocycles. The molecule has 0 unspecified atom stereocenters. The maximum Gasteiger partial charge on any atom is 0.324 e. The van der Waals surface area contributed by atoms with Crippen LogP contribution in [0.1, 0.15) is 32.0 Å². The van der Waals surface area contributed by atoms with Crippen molar-refractivity contribution in [2.75, 3.05) is 10.6 Å². The maximum atomic E-state index is 13.4. The van der Waals surface area contributed by atoms with Crippen LogP contribution in [0.25, 0.3) is 5.69 Å². The van der Waals surface area contributed by atoms with E-state index in [0.29, 0.717) is 17.1 Å². The number of benzene rings is 2. The molecule has 0 saturated heterocycles. The summed E-state index contributed by atoms with van der Waals surface area (Å²) in [4.78, 5) is 12.4. The van der Waals surface area contributed by atoms with Crippen LogP contribution in [0.2, 0.25) is 0 Å². The Morgan fingerprint density at radius 2 is 1.83 bits per heavy atom. The molecule has 0 saturated carbocycles. The van der Waals surface area contributed by atoms with Gasteiger partial charge in [-0.2, -0.15) is 10.4 Å². The smallest absolute Gasteiger partial charge is 0.308 e. The van der Waals surface area contributed by atoms with E-state index in [1.54, 1.807) is 30.3 Å². The first-order chi connectivity index (χ1) is 13.7. The quantitative estimate of drug-likeness (QED) is 0.657. The maximum absolute atomic E-state index is 13.4. The number of nitriles is 1. The van der Waals surface area contributed by atoms with Crippen molar-refractivity contribution >= 4 is 17.5 Å². The molecule has 0 fully saturated rings. The van der Waals surface area contributed by atoms with E-state index in [1.165, 1.54) is 10.7 Å². The van der Waals surface area contributed by atoms with E-state index in [0.717, 1.165) is 17.8 Å². The number of anilines is 2. The summed E-state index contributed by atoms with van der Waals surface area (Å²) in [5.41, 5.74) is 1.60. The molecule has 0 bridgehead atoms. The van der Waals surface area contributed by atoms with Gasteiger partial charge in [0, 0.05) is 23.2 Å². The predicted octanol–water partition coefficient (Wildman–Crippen LogP) is 4.96. The molecule has 0 aliphatic rings. The Morgan fingerprint density at radius 3 is 2.48 bits per heavy atom. The van der Waals surface area contributed by atoms with E-state index < -0.39 is 17.7 Å². The number of aromatic nitrogens is 2. The normalized spacial score (nSPS) is 11.0. The van der Waals surface area contributed by atoms with Gasteiger partial charge in [0.25, 0.3) is 0 Å². The van der Waals surface area contributed by atoms with Crippen molar-refractivity contribution in [3.05, 3.63) is 71.4 Å². The molecular formula is C21H19F2N5O. The van der Waals surface area contributed by atoms with Gasteiger partial charge in [-0.25, -0.2) is 18.3 Å². The van der Waals surface area contributed by atoms with Gasteiger partial charge in [-0.1, -0.05) is 26.8 Å². The van der Waals surface area contributed by atoms with E-state index in [9.17, 15) is 13.6 Å². The third kappa shape index (κ3) is 4.58. The number of nitrogens with one attached hydrogen (secondary N) is 2. The molecule has 0 aliphatic heterocycles. The Balaban J connectivity index is 1.92.